The van der Waals surface area contributed by atoms with Crippen LogP contribution in [0.1, 0.15) is 23.8 Å². The van der Waals surface area contributed by atoms with Crippen molar-refractivity contribution in [3.05, 3.63) is 44.5 Å². The number of benzene rings is 1. The van der Waals surface area contributed by atoms with E-state index in [1.165, 1.54) is 0 Å². The zero-order chi connectivity index (χ0) is 14.9. The van der Waals surface area contributed by atoms with Crippen molar-refractivity contribution in [2.24, 2.45) is 0 Å². The number of rotatable bonds is 4. The van der Waals surface area contributed by atoms with Gasteiger partial charge in [0.15, 0.2) is 0 Å². The van der Waals surface area contributed by atoms with E-state index in [-0.39, 0.29) is 5.69 Å². The topological polar surface area (TPSA) is 42.2 Å². The molecule has 1 N–H and O–H groups in total. The molecule has 1 aromatic heterocycles. The van der Waals surface area contributed by atoms with Gasteiger partial charge in [0.2, 0.25) is 0 Å². The highest BCUT2D eigenvalue weighted by atomic mass is 79.9. The summed E-state index contributed by atoms with van der Waals surface area (Å²) in [5, 5.41) is 10.2. The molecule has 0 saturated carbocycles. The van der Waals surface area contributed by atoms with E-state index >= 15 is 0 Å². The summed E-state index contributed by atoms with van der Waals surface area (Å²) in [6.07, 6.45) is 0.813. The van der Waals surface area contributed by atoms with E-state index < -0.39 is 5.97 Å². The molecule has 3 nitrogen and oxygen atoms in total. The van der Waals surface area contributed by atoms with Crippen molar-refractivity contribution in [2.75, 3.05) is 0 Å². The molecule has 0 unspecified atom stereocenters. The van der Waals surface area contributed by atoms with E-state index in [1.54, 1.807) is 28.8 Å². The monoisotopic (exact) mass is 375 g/mol. The lowest BCUT2D eigenvalue weighted by molar-refractivity contribution is 0.0685. The molecule has 0 fully saturated rings. The number of carbonyl (C=O) groups is 1. The van der Waals surface area contributed by atoms with Crippen LogP contribution in [-0.4, -0.2) is 15.6 Å². The summed E-state index contributed by atoms with van der Waals surface area (Å²) < 4.78 is 2.51. The second-order valence-electron chi connectivity index (χ2n) is 4.31. The van der Waals surface area contributed by atoms with Crippen molar-refractivity contribution >= 4 is 45.1 Å². The molecule has 2 rings (SSSR count). The Hall–Kier alpha value is -0.970. The summed E-state index contributed by atoms with van der Waals surface area (Å²) in [6.45, 7) is 2.58. The van der Waals surface area contributed by atoms with E-state index in [1.807, 2.05) is 6.92 Å². The van der Waals surface area contributed by atoms with Crippen LogP contribution in [0.25, 0.3) is 11.3 Å². The van der Waals surface area contributed by atoms with E-state index in [2.05, 4.69) is 15.9 Å². The molecule has 0 radical (unpaired) electrons. The average Bonchev–Trinajstić information content (AvgIpc) is 2.72. The molecule has 1 heterocycles. The minimum absolute atomic E-state index is 0.233. The lowest BCUT2D eigenvalue weighted by atomic mass is 10.1. The molecule has 0 saturated heterocycles. The van der Waals surface area contributed by atoms with Crippen molar-refractivity contribution < 1.29 is 9.90 Å². The molecule has 0 aliphatic heterocycles. The van der Waals surface area contributed by atoms with Crippen molar-refractivity contribution in [2.45, 2.75) is 19.9 Å². The van der Waals surface area contributed by atoms with Crippen LogP contribution in [0.15, 0.2) is 28.7 Å². The Bertz CT molecular complexity index is 644. The first-order valence-corrected chi connectivity index (χ1v) is 7.58. The smallest absolute Gasteiger partial charge is 0.352 e. The van der Waals surface area contributed by atoms with Crippen LogP contribution in [0.4, 0.5) is 0 Å². The zero-order valence-electron chi connectivity index (χ0n) is 10.7. The number of carboxylic acids is 1. The Balaban J connectivity index is 2.67. The van der Waals surface area contributed by atoms with Gasteiger partial charge in [0.1, 0.15) is 5.69 Å². The van der Waals surface area contributed by atoms with E-state index in [9.17, 15) is 9.90 Å². The molecule has 106 valence electrons. The predicted octanol–water partition coefficient (Wildman–Crippen LogP) is 5.33. The van der Waals surface area contributed by atoms with Crippen molar-refractivity contribution in [3.8, 4) is 11.3 Å². The third-order valence-electron chi connectivity index (χ3n) is 2.91. The first-order valence-electron chi connectivity index (χ1n) is 6.03. The van der Waals surface area contributed by atoms with Crippen LogP contribution >= 0.6 is 39.1 Å². The number of aromatic nitrogens is 1. The molecule has 0 atom stereocenters. The lowest BCUT2D eigenvalue weighted by Crippen LogP contribution is -2.09. The van der Waals surface area contributed by atoms with Crippen molar-refractivity contribution in [1.29, 1.82) is 0 Å². The summed E-state index contributed by atoms with van der Waals surface area (Å²) in [6, 6.07) is 6.79. The van der Waals surface area contributed by atoms with Gasteiger partial charge in [0, 0.05) is 16.6 Å². The third-order valence-corrected chi connectivity index (χ3v) is 3.96. The Morgan fingerprint density at radius 1 is 1.30 bits per heavy atom. The number of carboxylic acid groups (broad SMARTS) is 1. The minimum Gasteiger partial charge on any atom is -0.477 e. The molecule has 0 bridgehead atoms. The van der Waals surface area contributed by atoms with Crippen LogP contribution in [0.5, 0.6) is 0 Å². The Morgan fingerprint density at radius 3 is 2.40 bits per heavy atom. The number of nitrogens with zero attached hydrogens (tertiary/aromatic N) is 1. The Kier molecular flexibility index (Phi) is 4.78. The van der Waals surface area contributed by atoms with Gasteiger partial charge in [-0.2, -0.15) is 0 Å². The van der Waals surface area contributed by atoms with Crippen LogP contribution < -0.4 is 0 Å². The summed E-state index contributed by atoms with van der Waals surface area (Å²) in [4.78, 5) is 11.3. The van der Waals surface area contributed by atoms with Gasteiger partial charge in [-0.1, -0.05) is 46.1 Å². The van der Waals surface area contributed by atoms with Gasteiger partial charge in [-0.15, -0.1) is 0 Å². The van der Waals surface area contributed by atoms with E-state index in [0.717, 1.165) is 10.9 Å². The molecule has 1 aromatic carbocycles. The maximum Gasteiger partial charge on any atom is 0.352 e. The largest absolute Gasteiger partial charge is 0.477 e. The molecule has 0 spiro atoms. The fourth-order valence-corrected chi connectivity index (χ4v) is 3.53. The standard InChI is InChI=1S/C14H12BrCl2NO2/c1-2-5-18-11(3-4-12(18)14(19)20)13-9(16)6-8(15)7-10(13)17/h3-4,6-7H,2,5H2,1H3,(H,19,20). The highest BCUT2D eigenvalue weighted by Crippen LogP contribution is 2.38. The van der Waals surface area contributed by atoms with Crippen molar-refractivity contribution in [1.82, 2.24) is 4.57 Å². The maximum absolute atomic E-state index is 11.3. The first-order chi connectivity index (χ1) is 9.45. The minimum atomic E-state index is -0.964. The van der Waals surface area contributed by atoms with Gasteiger partial charge < -0.3 is 9.67 Å². The number of hydrogen-bond acceptors (Lipinski definition) is 1. The molecule has 6 heteroatoms. The fraction of sp³-hybridized carbons (Fsp3) is 0.214. The third kappa shape index (κ3) is 2.87. The number of hydrogen-bond donors (Lipinski definition) is 1. The van der Waals surface area contributed by atoms with Crippen LogP contribution in [0, 0.1) is 0 Å². The zero-order valence-corrected chi connectivity index (χ0v) is 13.8. The summed E-state index contributed by atoms with van der Waals surface area (Å²) >= 11 is 15.8. The Morgan fingerprint density at radius 2 is 1.90 bits per heavy atom. The summed E-state index contributed by atoms with van der Waals surface area (Å²) in [5.41, 5.74) is 1.60. The molecule has 20 heavy (non-hydrogen) atoms. The molecule has 0 amide bonds. The first kappa shape index (κ1) is 15.4. The normalized spacial score (nSPS) is 10.8. The van der Waals surface area contributed by atoms with Crippen LogP contribution in [0.2, 0.25) is 10.0 Å². The molecular formula is C14H12BrCl2NO2. The quantitative estimate of drug-likeness (QED) is 0.783. The molecule has 0 aliphatic rings. The van der Waals surface area contributed by atoms with Gasteiger partial charge in [0.25, 0.3) is 0 Å². The maximum atomic E-state index is 11.3. The average molecular weight is 377 g/mol. The van der Waals surface area contributed by atoms with Gasteiger partial charge in [-0.25, -0.2) is 4.79 Å². The van der Waals surface area contributed by atoms with Crippen molar-refractivity contribution in [3.63, 3.8) is 0 Å². The van der Waals surface area contributed by atoms with Crippen LogP contribution in [-0.2, 0) is 6.54 Å². The van der Waals surface area contributed by atoms with E-state index in [0.29, 0.717) is 27.8 Å². The fourth-order valence-electron chi connectivity index (χ4n) is 2.12. The second-order valence-corrected chi connectivity index (χ2v) is 6.04. The summed E-state index contributed by atoms with van der Waals surface area (Å²) in [7, 11) is 0. The lowest BCUT2D eigenvalue weighted by Gasteiger charge is -2.13. The van der Waals surface area contributed by atoms with Gasteiger partial charge in [-0.05, 0) is 30.7 Å². The second kappa shape index (κ2) is 6.20. The highest BCUT2D eigenvalue weighted by molar-refractivity contribution is 9.10. The molecular weight excluding hydrogens is 365 g/mol. The van der Waals surface area contributed by atoms with Crippen LogP contribution in [0.3, 0.4) is 0 Å². The van der Waals surface area contributed by atoms with Gasteiger partial charge >= 0.3 is 5.97 Å². The van der Waals surface area contributed by atoms with Gasteiger partial charge in [0.05, 0.1) is 15.7 Å². The Labute approximate surface area is 135 Å². The predicted molar refractivity (Wildman–Crippen MR) is 84.8 cm³/mol. The number of halogens is 3. The van der Waals surface area contributed by atoms with E-state index in [4.69, 9.17) is 23.2 Å². The SMILES string of the molecule is CCCn1c(C(=O)O)ccc1-c1c(Cl)cc(Br)cc1Cl. The highest BCUT2D eigenvalue weighted by Gasteiger charge is 2.18. The molecule has 2 aromatic rings. The molecule has 0 aliphatic carbocycles. The van der Waals surface area contributed by atoms with Gasteiger partial charge in [-0.3, -0.25) is 0 Å². The number of aromatic carboxylic acids is 1. The summed E-state index contributed by atoms with van der Waals surface area (Å²) in [5.74, 6) is -0.964.